The van der Waals surface area contributed by atoms with Crippen LogP contribution in [0.5, 0.6) is 0 Å². The molecule has 2 nitrogen and oxygen atoms in total. The van der Waals surface area contributed by atoms with Gasteiger partial charge in [-0.2, -0.15) is 0 Å². The second-order valence-electron chi connectivity index (χ2n) is 2.89. The molecule has 0 aliphatic rings. The lowest BCUT2D eigenvalue weighted by Gasteiger charge is -2.06. The summed E-state index contributed by atoms with van der Waals surface area (Å²) in [6.07, 6.45) is 1.56. The molecule has 1 aromatic rings. The number of rotatable bonds is 4. The summed E-state index contributed by atoms with van der Waals surface area (Å²) >= 11 is 1.33. The smallest absolute Gasteiger partial charge is 0.155 e. The average Bonchev–Trinajstić information content (AvgIpc) is 2.16. The Hall–Kier alpha value is -0.610. The Bertz CT molecular complexity index is 270. The van der Waals surface area contributed by atoms with Gasteiger partial charge < -0.3 is 5.11 Å². The van der Waals surface area contributed by atoms with Crippen LogP contribution in [-0.4, -0.2) is 22.5 Å². The fourth-order valence-corrected chi connectivity index (χ4v) is 1.64. The van der Waals surface area contributed by atoms with E-state index in [0.29, 0.717) is 10.8 Å². The lowest BCUT2D eigenvalue weighted by atomic mass is 10.2. The topological polar surface area (TPSA) is 33.1 Å². The highest BCUT2D eigenvalue weighted by Crippen LogP contribution is 2.20. The van der Waals surface area contributed by atoms with Gasteiger partial charge in [0.15, 0.2) is 5.82 Å². The van der Waals surface area contributed by atoms with Gasteiger partial charge in [0.1, 0.15) is 5.03 Å². The molecule has 0 aromatic carbocycles. The summed E-state index contributed by atoms with van der Waals surface area (Å²) in [5.74, 6) is 0.564. The number of aliphatic hydroxyl groups is 1. The Balaban J connectivity index is 2.50. The van der Waals surface area contributed by atoms with Crippen LogP contribution in [0.3, 0.4) is 0 Å². The maximum atomic E-state index is 13.0. The zero-order chi connectivity index (χ0) is 9.68. The Labute approximate surface area is 81.2 Å². The molecule has 13 heavy (non-hydrogen) atoms. The molecular formula is C9H12FNOS. The average molecular weight is 201 g/mol. The van der Waals surface area contributed by atoms with Crippen molar-refractivity contribution in [3.63, 3.8) is 0 Å². The van der Waals surface area contributed by atoms with Gasteiger partial charge in [0.25, 0.3) is 0 Å². The minimum atomic E-state index is -0.294. The van der Waals surface area contributed by atoms with Gasteiger partial charge in [0, 0.05) is 18.6 Å². The van der Waals surface area contributed by atoms with E-state index in [1.165, 1.54) is 17.8 Å². The van der Waals surface area contributed by atoms with Crippen molar-refractivity contribution < 1.29 is 9.50 Å². The molecule has 0 fully saturated rings. The molecule has 1 unspecified atom stereocenters. The first kappa shape index (κ1) is 10.5. The number of nitrogens with zero attached hydrogens (tertiary/aromatic N) is 1. The van der Waals surface area contributed by atoms with E-state index < -0.39 is 0 Å². The van der Waals surface area contributed by atoms with Gasteiger partial charge in [0.2, 0.25) is 0 Å². The zero-order valence-corrected chi connectivity index (χ0v) is 8.22. The molecule has 0 amide bonds. The van der Waals surface area contributed by atoms with Crippen LogP contribution in [0.4, 0.5) is 4.39 Å². The van der Waals surface area contributed by atoms with Crippen LogP contribution in [0.25, 0.3) is 0 Å². The number of aromatic nitrogens is 1. The monoisotopic (exact) mass is 201 g/mol. The largest absolute Gasteiger partial charge is 0.396 e. The summed E-state index contributed by atoms with van der Waals surface area (Å²) in [6.45, 7) is 2.04. The summed E-state index contributed by atoms with van der Waals surface area (Å²) in [4.78, 5) is 3.89. The van der Waals surface area contributed by atoms with Gasteiger partial charge in [-0.25, -0.2) is 9.37 Å². The summed E-state index contributed by atoms with van der Waals surface area (Å²) in [7, 11) is 0. The van der Waals surface area contributed by atoms with Gasteiger partial charge in [0.05, 0.1) is 0 Å². The molecule has 4 heteroatoms. The van der Waals surface area contributed by atoms with Crippen molar-refractivity contribution in [1.82, 2.24) is 4.98 Å². The maximum Gasteiger partial charge on any atom is 0.155 e. The van der Waals surface area contributed by atoms with Crippen molar-refractivity contribution in [3.05, 3.63) is 24.1 Å². The van der Waals surface area contributed by atoms with Crippen LogP contribution in [0, 0.1) is 11.7 Å². The SMILES string of the molecule is CC(CO)CSc1ncccc1F. The van der Waals surface area contributed by atoms with E-state index in [1.807, 2.05) is 6.92 Å². The summed E-state index contributed by atoms with van der Waals surface area (Å²) < 4.78 is 13.0. The van der Waals surface area contributed by atoms with Crippen molar-refractivity contribution in [2.24, 2.45) is 5.92 Å². The molecule has 0 saturated carbocycles. The minimum Gasteiger partial charge on any atom is -0.396 e. The van der Waals surface area contributed by atoms with E-state index in [1.54, 1.807) is 12.3 Å². The number of hydrogen-bond donors (Lipinski definition) is 1. The van der Waals surface area contributed by atoms with Gasteiger partial charge >= 0.3 is 0 Å². The van der Waals surface area contributed by atoms with Crippen molar-refractivity contribution in [2.75, 3.05) is 12.4 Å². The van der Waals surface area contributed by atoms with Crippen molar-refractivity contribution >= 4 is 11.8 Å². The molecule has 0 spiro atoms. The molecule has 1 atom stereocenters. The van der Waals surface area contributed by atoms with Crippen molar-refractivity contribution in [2.45, 2.75) is 11.9 Å². The standard InChI is InChI=1S/C9H12FNOS/c1-7(5-12)6-13-9-8(10)3-2-4-11-9/h2-4,7,12H,5-6H2,1H3. The summed E-state index contributed by atoms with van der Waals surface area (Å²) in [5.41, 5.74) is 0. The van der Waals surface area contributed by atoms with Crippen LogP contribution in [0.2, 0.25) is 0 Å². The predicted octanol–water partition coefficient (Wildman–Crippen LogP) is 1.94. The van der Waals surface area contributed by atoms with Gasteiger partial charge in [-0.3, -0.25) is 0 Å². The second-order valence-corrected chi connectivity index (χ2v) is 3.90. The summed E-state index contributed by atoms with van der Waals surface area (Å²) in [6, 6.07) is 2.95. The van der Waals surface area contributed by atoms with Crippen molar-refractivity contribution in [3.8, 4) is 0 Å². The first-order valence-electron chi connectivity index (χ1n) is 4.08. The van der Waals surface area contributed by atoms with Crippen LogP contribution >= 0.6 is 11.8 Å². The minimum absolute atomic E-state index is 0.126. The Morgan fingerprint density at radius 1 is 1.69 bits per heavy atom. The highest BCUT2D eigenvalue weighted by Gasteiger charge is 2.05. The first-order chi connectivity index (χ1) is 6.24. The van der Waals surface area contributed by atoms with Gasteiger partial charge in [-0.05, 0) is 18.1 Å². The number of pyridine rings is 1. The number of halogens is 1. The van der Waals surface area contributed by atoms with Gasteiger partial charge in [-0.1, -0.05) is 6.92 Å². The molecule has 0 radical (unpaired) electrons. The molecule has 1 heterocycles. The van der Waals surface area contributed by atoms with E-state index in [4.69, 9.17) is 5.11 Å². The Morgan fingerprint density at radius 3 is 3.08 bits per heavy atom. The van der Waals surface area contributed by atoms with Crippen molar-refractivity contribution in [1.29, 1.82) is 0 Å². The van der Waals surface area contributed by atoms with E-state index in [0.717, 1.165) is 0 Å². The lowest BCUT2D eigenvalue weighted by molar-refractivity contribution is 0.250. The quantitative estimate of drug-likeness (QED) is 0.756. The van der Waals surface area contributed by atoms with E-state index in [9.17, 15) is 4.39 Å². The molecule has 1 rings (SSSR count). The zero-order valence-electron chi connectivity index (χ0n) is 7.40. The number of hydrogen-bond acceptors (Lipinski definition) is 3. The third-order valence-corrected chi connectivity index (χ3v) is 2.85. The highest BCUT2D eigenvalue weighted by molar-refractivity contribution is 7.99. The highest BCUT2D eigenvalue weighted by atomic mass is 32.2. The van der Waals surface area contributed by atoms with Crippen LogP contribution in [0.15, 0.2) is 23.4 Å². The predicted molar refractivity (Wildman–Crippen MR) is 51.2 cm³/mol. The normalized spacial score (nSPS) is 12.8. The molecule has 1 N–H and O–H groups in total. The van der Waals surface area contributed by atoms with E-state index >= 15 is 0 Å². The molecule has 0 aliphatic heterocycles. The van der Waals surface area contributed by atoms with Gasteiger partial charge in [-0.15, -0.1) is 11.8 Å². The first-order valence-corrected chi connectivity index (χ1v) is 5.06. The number of aliphatic hydroxyl groups excluding tert-OH is 1. The second kappa shape index (κ2) is 5.19. The van der Waals surface area contributed by atoms with Crippen LogP contribution in [-0.2, 0) is 0 Å². The van der Waals surface area contributed by atoms with Crippen LogP contribution < -0.4 is 0 Å². The molecule has 1 aromatic heterocycles. The maximum absolute atomic E-state index is 13.0. The molecule has 0 aliphatic carbocycles. The lowest BCUT2D eigenvalue weighted by Crippen LogP contribution is -2.03. The summed E-state index contributed by atoms with van der Waals surface area (Å²) in [5, 5.41) is 9.16. The molecule has 0 saturated heterocycles. The molecule has 0 bridgehead atoms. The Kier molecular flexibility index (Phi) is 4.18. The van der Waals surface area contributed by atoms with E-state index in [2.05, 4.69) is 4.98 Å². The Morgan fingerprint density at radius 2 is 2.46 bits per heavy atom. The molecular weight excluding hydrogens is 189 g/mol. The molecule has 72 valence electrons. The fourth-order valence-electron chi connectivity index (χ4n) is 0.751. The van der Waals surface area contributed by atoms with E-state index in [-0.39, 0.29) is 18.3 Å². The third-order valence-electron chi connectivity index (χ3n) is 1.54. The third kappa shape index (κ3) is 3.32. The van der Waals surface area contributed by atoms with Crippen LogP contribution in [0.1, 0.15) is 6.92 Å². The number of thioether (sulfide) groups is 1. The fraction of sp³-hybridized carbons (Fsp3) is 0.444.